The molecule has 0 unspecified atom stereocenters. The Morgan fingerprint density at radius 1 is 1.16 bits per heavy atom. The zero-order chi connectivity index (χ0) is 17.7. The lowest BCUT2D eigenvalue weighted by Crippen LogP contribution is -2.52. The molecule has 0 aromatic carbocycles. The Morgan fingerprint density at radius 2 is 1.80 bits per heavy atom. The molecule has 4 aliphatic rings. The van der Waals surface area contributed by atoms with Gasteiger partial charge in [-0.05, 0) is 56.8 Å². The molecule has 0 spiro atoms. The van der Waals surface area contributed by atoms with E-state index in [1.165, 1.54) is 0 Å². The summed E-state index contributed by atoms with van der Waals surface area (Å²) >= 11 is 0. The minimum atomic E-state index is -4.10. The number of rotatable bonds is 5. The van der Waals surface area contributed by atoms with Crippen molar-refractivity contribution in [2.24, 2.45) is 10.8 Å². The second-order valence-corrected chi connectivity index (χ2v) is 8.15. The first-order chi connectivity index (χ1) is 11.8. The van der Waals surface area contributed by atoms with E-state index in [0.29, 0.717) is 37.5 Å². The number of amides is 1. The predicted octanol–water partition coefficient (Wildman–Crippen LogP) is 3.24. The fraction of sp³-hybridized carbons (Fsp3) is 0.824. The molecule has 1 heterocycles. The second-order valence-electron chi connectivity index (χ2n) is 8.15. The number of halogens is 3. The molecule has 8 heteroatoms. The molecule has 4 aliphatic carbocycles. The Kier molecular flexibility index (Phi) is 3.85. The molecular formula is C17H23F3N4O. The molecule has 25 heavy (non-hydrogen) atoms. The summed E-state index contributed by atoms with van der Waals surface area (Å²) in [7, 11) is 0. The maximum absolute atomic E-state index is 13.3. The van der Waals surface area contributed by atoms with Crippen LogP contribution in [0.15, 0.2) is 0 Å². The predicted molar refractivity (Wildman–Crippen MR) is 83.7 cm³/mol. The highest BCUT2D eigenvalue weighted by Crippen LogP contribution is 2.62. The van der Waals surface area contributed by atoms with Crippen molar-refractivity contribution in [2.75, 3.05) is 6.54 Å². The number of carbonyl (C=O) groups excluding carboxylic acids is 1. The Morgan fingerprint density at radius 3 is 2.36 bits per heavy atom. The third-order valence-electron chi connectivity index (χ3n) is 6.48. The lowest BCUT2D eigenvalue weighted by molar-refractivity contribution is -0.259. The number of aromatic amines is 1. The van der Waals surface area contributed by atoms with E-state index < -0.39 is 11.6 Å². The Labute approximate surface area is 144 Å². The molecule has 138 valence electrons. The lowest BCUT2D eigenvalue weighted by atomic mass is 9.53. The first-order valence-electron chi connectivity index (χ1n) is 9.06. The zero-order valence-electron chi connectivity index (χ0n) is 14.1. The average molecular weight is 356 g/mol. The third-order valence-corrected chi connectivity index (χ3v) is 6.48. The Balaban J connectivity index is 1.29. The Hall–Kier alpha value is -1.60. The normalized spacial score (nSPS) is 32.0. The van der Waals surface area contributed by atoms with Gasteiger partial charge in [-0.25, -0.2) is 4.98 Å². The van der Waals surface area contributed by atoms with Gasteiger partial charge in [0.05, 0.1) is 11.8 Å². The smallest absolute Gasteiger partial charge is 0.355 e. The quantitative estimate of drug-likeness (QED) is 0.851. The minimum Gasteiger partial charge on any atom is -0.355 e. The number of hydrogen-bond donors (Lipinski definition) is 2. The molecule has 0 aliphatic heterocycles. The second kappa shape index (κ2) is 5.71. The number of nitrogens with one attached hydrogen (secondary N) is 2. The number of nitrogens with zero attached hydrogens (tertiary/aromatic N) is 2. The standard InChI is InChI=1S/C17H23F3N4O/c18-17(19,20)16-6-3-15(4-7-16,5-8-16)10-21-13(25)9-12-22-14(24-23-12)11-1-2-11/h11H,1-10H2,(H,21,25)(H,22,23,24). The molecular weight excluding hydrogens is 333 g/mol. The number of aromatic nitrogens is 3. The molecule has 5 nitrogen and oxygen atoms in total. The maximum Gasteiger partial charge on any atom is 0.394 e. The van der Waals surface area contributed by atoms with E-state index in [4.69, 9.17) is 0 Å². The van der Waals surface area contributed by atoms with Crippen LogP contribution in [-0.2, 0) is 11.2 Å². The summed E-state index contributed by atoms with van der Waals surface area (Å²) in [5, 5.41) is 9.84. The molecule has 2 bridgehead atoms. The summed E-state index contributed by atoms with van der Waals surface area (Å²) in [6.45, 7) is 0.462. The fourth-order valence-corrected chi connectivity index (χ4v) is 4.37. The molecule has 4 fully saturated rings. The van der Waals surface area contributed by atoms with Crippen molar-refractivity contribution in [2.45, 2.75) is 69.9 Å². The van der Waals surface area contributed by atoms with Crippen molar-refractivity contribution in [3.05, 3.63) is 11.6 Å². The van der Waals surface area contributed by atoms with Crippen LogP contribution in [0.3, 0.4) is 0 Å². The summed E-state index contributed by atoms with van der Waals surface area (Å²) in [6, 6.07) is 0. The summed E-state index contributed by atoms with van der Waals surface area (Å²) in [6.07, 6.45) is 0.452. The number of hydrogen-bond acceptors (Lipinski definition) is 3. The molecule has 1 aromatic rings. The van der Waals surface area contributed by atoms with Gasteiger partial charge in [0.15, 0.2) is 5.82 Å². The van der Waals surface area contributed by atoms with Crippen molar-refractivity contribution >= 4 is 5.91 Å². The van der Waals surface area contributed by atoms with Gasteiger partial charge in [0.25, 0.3) is 0 Å². The fourth-order valence-electron chi connectivity index (χ4n) is 4.37. The van der Waals surface area contributed by atoms with Crippen molar-refractivity contribution in [1.29, 1.82) is 0 Å². The van der Waals surface area contributed by atoms with E-state index in [2.05, 4.69) is 20.5 Å². The number of alkyl halides is 3. The molecule has 0 radical (unpaired) electrons. The highest BCUT2D eigenvalue weighted by atomic mass is 19.4. The van der Waals surface area contributed by atoms with Gasteiger partial charge < -0.3 is 5.32 Å². The monoisotopic (exact) mass is 356 g/mol. The van der Waals surface area contributed by atoms with Crippen LogP contribution in [0.4, 0.5) is 13.2 Å². The van der Waals surface area contributed by atoms with Crippen molar-refractivity contribution in [3.8, 4) is 0 Å². The van der Waals surface area contributed by atoms with Crippen LogP contribution in [0, 0.1) is 10.8 Å². The van der Waals surface area contributed by atoms with Gasteiger partial charge in [0.2, 0.25) is 5.91 Å². The molecule has 2 N–H and O–H groups in total. The molecule has 1 aromatic heterocycles. The molecule has 0 atom stereocenters. The minimum absolute atomic E-state index is 0.141. The van der Waals surface area contributed by atoms with Crippen LogP contribution in [0.25, 0.3) is 0 Å². The van der Waals surface area contributed by atoms with Crippen LogP contribution in [0.2, 0.25) is 0 Å². The largest absolute Gasteiger partial charge is 0.394 e. The zero-order valence-corrected chi connectivity index (χ0v) is 14.1. The van der Waals surface area contributed by atoms with Gasteiger partial charge in [-0.2, -0.15) is 18.3 Å². The van der Waals surface area contributed by atoms with E-state index in [-0.39, 0.29) is 37.0 Å². The van der Waals surface area contributed by atoms with Crippen LogP contribution in [0.1, 0.15) is 68.9 Å². The first-order valence-corrected chi connectivity index (χ1v) is 9.06. The summed E-state index contributed by atoms with van der Waals surface area (Å²) in [4.78, 5) is 16.5. The first kappa shape index (κ1) is 16.8. The van der Waals surface area contributed by atoms with E-state index in [1.54, 1.807) is 0 Å². The van der Waals surface area contributed by atoms with Crippen LogP contribution < -0.4 is 5.32 Å². The van der Waals surface area contributed by atoms with Gasteiger partial charge in [0, 0.05) is 12.5 Å². The van der Waals surface area contributed by atoms with Gasteiger partial charge in [0.1, 0.15) is 5.82 Å². The van der Waals surface area contributed by atoms with Crippen LogP contribution in [-0.4, -0.2) is 33.8 Å². The molecule has 5 rings (SSSR count). The van der Waals surface area contributed by atoms with E-state index in [9.17, 15) is 18.0 Å². The summed E-state index contributed by atoms with van der Waals surface area (Å²) < 4.78 is 39.8. The van der Waals surface area contributed by atoms with Gasteiger partial charge in [-0.1, -0.05) is 0 Å². The van der Waals surface area contributed by atoms with Gasteiger partial charge in [-0.3, -0.25) is 9.89 Å². The molecule has 4 saturated carbocycles. The third kappa shape index (κ3) is 3.15. The Bertz CT molecular complexity index is 641. The van der Waals surface area contributed by atoms with Crippen LogP contribution in [0.5, 0.6) is 0 Å². The van der Waals surface area contributed by atoms with E-state index in [1.807, 2.05) is 0 Å². The summed E-state index contributed by atoms with van der Waals surface area (Å²) in [5.41, 5.74) is -1.64. The highest BCUT2D eigenvalue weighted by molar-refractivity contribution is 5.77. The number of fused-ring (bicyclic) bond motifs is 3. The molecule has 0 saturated heterocycles. The topological polar surface area (TPSA) is 70.7 Å². The van der Waals surface area contributed by atoms with Gasteiger partial charge >= 0.3 is 6.18 Å². The van der Waals surface area contributed by atoms with Gasteiger partial charge in [-0.15, -0.1) is 0 Å². The van der Waals surface area contributed by atoms with Crippen molar-refractivity contribution in [1.82, 2.24) is 20.5 Å². The summed E-state index contributed by atoms with van der Waals surface area (Å²) in [5.74, 6) is 1.63. The lowest BCUT2D eigenvalue weighted by Gasteiger charge is -2.53. The maximum atomic E-state index is 13.3. The molecule has 1 amide bonds. The van der Waals surface area contributed by atoms with E-state index in [0.717, 1.165) is 18.7 Å². The highest BCUT2D eigenvalue weighted by Gasteiger charge is 2.61. The average Bonchev–Trinajstić information content (AvgIpc) is 3.34. The van der Waals surface area contributed by atoms with Crippen LogP contribution >= 0.6 is 0 Å². The number of carbonyl (C=O) groups is 1. The van der Waals surface area contributed by atoms with E-state index >= 15 is 0 Å². The van der Waals surface area contributed by atoms with Crippen molar-refractivity contribution in [3.63, 3.8) is 0 Å². The SMILES string of the molecule is O=C(Cc1nc(C2CC2)n[nH]1)NCC12CCC(C(F)(F)F)(CC1)CC2. The number of H-pyrrole nitrogens is 1. The van der Waals surface area contributed by atoms with Crippen molar-refractivity contribution < 1.29 is 18.0 Å².